The Kier molecular flexibility index (Phi) is 5.32. The average molecular weight is 309 g/mol. The lowest BCUT2D eigenvalue weighted by Gasteiger charge is -2.11. The van der Waals surface area contributed by atoms with E-state index in [0.717, 1.165) is 5.75 Å². The van der Waals surface area contributed by atoms with Gasteiger partial charge in [0.25, 0.3) is 0 Å². The molecule has 0 aliphatic rings. The molecule has 2 N–H and O–H groups in total. The lowest BCUT2D eigenvalue weighted by atomic mass is 10.1. The summed E-state index contributed by atoms with van der Waals surface area (Å²) in [7, 11) is 0. The van der Waals surface area contributed by atoms with Crippen LogP contribution in [0.15, 0.2) is 30.3 Å². The van der Waals surface area contributed by atoms with Crippen LogP contribution in [0.1, 0.15) is 24.7 Å². The fourth-order valence-electron chi connectivity index (χ4n) is 1.84. The summed E-state index contributed by atoms with van der Waals surface area (Å²) in [5.74, 6) is 0.284. The van der Waals surface area contributed by atoms with Crippen molar-refractivity contribution in [1.82, 2.24) is 9.97 Å². The van der Waals surface area contributed by atoms with Gasteiger partial charge in [-0.25, -0.2) is 4.98 Å². The van der Waals surface area contributed by atoms with Crippen LogP contribution in [0.2, 0.25) is 0 Å². The summed E-state index contributed by atoms with van der Waals surface area (Å²) >= 11 is 0. The zero-order chi connectivity index (χ0) is 16.7. The summed E-state index contributed by atoms with van der Waals surface area (Å²) < 4.78 is 5.55. The minimum absolute atomic E-state index is 0.0304. The van der Waals surface area contributed by atoms with Gasteiger partial charge in [0.05, 0.1) is 6.61 Å². The van der Waals surface area contributed by atoms with E-state index >= 15 is 0 Å². The van der Waals surface area contributed by atoms with E-state index in [4.69, 9.17) is 15.3 Å². The van der Waals surface area contributed by atoms with Crippen molar-refractivity contribution in [3.8, 4) is 17.9 Å². The molecule has 0 saturated carbocycles. The van der Waals surface area contributed by atoms with Crippen LogP contribution in [0.4, 0.5) is 5.95 Å². The summed E-state index contributed by atoms with van der Waals surface area (Å²) in [6, 6.07) is 12.9. The molecule has 0 radical (unpaired) electrons. The average Bonchev–Trinajstić information content (AvgIpc) is 2.97. The smallest absolute Gasteiger partial charge is 0.229 e. The summed E-state index contributed by atoms with van der Waals surface area (Å²) in [6.07, 6.45) is 0.525. The predicted molar refractivity (Wildman–Crippen MR) is 82.4 cm³/mol. The number of aromatic amines is 1. The maximum absolute atomic E-state index is 12.1. The minimum atomic E-state index is -0.306. The third-order valence-electron chi connectivity index (χ3n) is 3.17. The molecule has 0 unspecified atom stereocenters. The maximum Gasteiger partial charge on any atom is 0.229 e. The van der Waals surface area contributed by atoms with Gasteiger partial charge in [-0.1, -0.05) is 25.1 Å². The van der Waals surface area contributed by atoms with Crippen LogP contribution in [0.5, 0.6) is 5.75 Å². The Bertz CT molecular complexity index is 724. The number of benzene rings is 1. The SMILES string of the molecule is C[C@H](CCOc1ccccc1)C(=O)Nc1nc(C#N)c(C#N)[nH]1. The first-order chi connectivity index (χ1) is 11.1. The number of H-pyrrole nitrogens is 1. The predicted octanol–water partition coefficient (Wildman–Crippen LogP) is 2.20. The summed E-state index contributed by atoms with van der Waals surface area (Å²) in [5.41, 5.74) is -0.00859. The molecule has 0 saturated heterocycles. The molecular weight excluding hydrogens is 294 g/mol. The third-order valence-corrected chi connectivity index (χ3v) is 3.17. The second-order valence-electron chi connectivity index (χ2n) is 4.87. The first-order valence-electron chi connectivity index (χ1n) is 7.03. The second-order valence-corrected chi connectivity index (χ2v) is 4.87. The maximum atomic E-state index is 12.1. The van der Waals surface area contributed by atoms with Crippen molar-refractivity contribution in [1.29, 1.82) is 10.5 Å². The van der Waals surface area contributed by atoms with Crippen molar-refractivity contribution in [2.24, 2.45) is 5.92 Å². The van der Waals surface area contributed by atoms with Crippen molar-refractivity contribution in [3.63, 3.8) is 0 Å². The molecule has 1 amide bonds. The van der Waals surface area contributed by atoms with Gasteiger partial charge in [-0.3, -0.25) is 10.1 Å². The zero-order valence-electron chi connectivity index (χ0n) is 12.5. The molecule has 7 nitrogen and oxygen atoms in total. The highest BCUT2D eigenvalue weighted by molar-refractivity contribution is 5.90. The monoisotopic (exact) mass is 309 g/mol. The number of ether oxygens (including phenoxy) is 1. The number of anilines is 1. The number of nitriles is 2. The van der Waals surface area contributed by atoms with Crippen LogP contribution in [0.3, 0.4) is 0 Å². The Morgan fingerprint density at radius 3 is 2.70 bits per heavy atom. The van der Waals surface area contributed by atoms with E-state index in [2.05, 4.69) is 15.3 Å². The van der Waals surface area contributed by atoms with Crippen LogP contribution in [0, 0.1) is 28.6 Å². The molecule has 0 aliphatic carbocycles. The van der Waals surface area contributed by atoms with Crippen LogP contribution in [0.25, 0.3) is 0 Å². The van der Waals surface area contributed by atoms with Crippen molar-refractivity contribution in [3.05, 3.63) is 41.7 Å². The normalized spacial score (nSPS) is 11.1. The van der Waals surface area contributed by atoms with Gasteiger partial charge < -0.3 is 9.72 Å². The van der Waals surface area contributed by atoms with E-state index in [1.54, 1.807) is 13.0 Å². The molecule has 1 heterocycles. The lowest BCUT2D eigenvalue weighted by Crippen LogP contribution is -2.22. The lowest BCUT2D eigenvalue weighted by molar-refractivity contribution is -0.119. The van der Waals surface area contributed by atoms with Crippen molar-refractivity contribution in [2.45, 2.75) is 13.3 Å². The summed E-state index contributed by atoms with van der Waals surface area (Å²) in [5, 5.41) is 20.2. The van der Waals surface area contributed by atoms with Crippen LogP contribution < -0.4 is 10.1 Å². The molecule has 1 aromatic carbocycles. The molecule has 2 rings (SSSR count). The fraction of sp³-hybridized carbons (Fsp3) is 0.250. The molecule has 0 aliphatic heterocycles. The van der Waals surface area contributed by atoms with E-state index in [1.165, 1.54) is 0 Å². The molecule has 1 aromatic heterocycles. The molecule has 0 spiro atoms. The van der Waals surface area contributed by atoms with E-state index in [-0.39, 0.29) is 29.2 Å². The van der Waals surface area contributed by atoms with Gasteiger partial charge in [-0.05, 0) is 18.6 Å². The number of carbonyl (C=O) groups is 1. The van der Waals surface area contributed by atoms with Crippen molar-refractivity contribution >= 4 is 11.9 Å². The third kappa shape index (κ3) is 4.32. The van der Waals surface area contributed by atoms with E-state index in [0.29, 0.717) is 13.0 Å². The quantitative estimate of drug-likeness (QED) is 0.848. The number of para-hydroxylation sites is 1. The van der Waals surface area contributed by atoms with Crippen molar-refractivity contribution < 1.29 is 9.53 Å². The number of hydrogen-bond donors (Lipinski definition) is 2. The second kappa shape index (κ2) is 7.62. The minimum Gasteiger partial charge on any atom is -0.494 e. The Morgan fingerprint density at radius 2 is 2.09 bits per heavy atom. The Labute approximate surface area is 133 Å². The number of nitrogens with one attached hydrogen (secondary N) is 2. The van der Waals surface area contributed by atoms with Gasteiger partial charge in [-0.15, -0.1) is 0 Å². The van der Waals surface area contributed by atoms with E-state index in [1.807, 2.05) is 36.4 Å². The first kappa shape index (κ1) is 16.1. The Morgan fingerprint density at radius 1 is 1.35 bits per heavy atom. The van der Waals surface area contributed by atoms with Crippen LogP contribution >= 0.6 is 0 Å². The molecule has 7 heteroatoms. The number of nitrogens with zero attached hydrogens (tertiary/aromatic N) is 3. The van der Waals surface area contributed by atoms with Crippen LogP contribution in [-0.4, -0.2) is 22.5 Å². The standard InChI is InChI=1S/C16H15N5O2/c1-11(7-8-23-12-5-3-2-4-6-12)15(22)21-16-19-13(9-17)14(10-18)20-16/h2-6,11H,7-8H2,1H3,(H2,19,20,21,22)/t11-/m1/s1. The molecule has 0 bridgehead atoms. The largest absolute Gasteiger partial charge is 0.494 e. The number of hydrogen-bond acceptors (Lipinski definition) is 5. The zero-order valence-corrected chi connectivity index (χ0v) is 12.5. The topological polar surface area (TPSA) is 115 Å². The van der Waals surface area contributed by atoms with Gasteiger partial charge >= 0.3 is 0 Å². The molecule has 1 atom stereocenters. The summed E-state index contributed by atoms with van der Waals surface area (Å²) in [6.45, 7) is 2.17. The Hall–Kier alpha value is -3.32. The fourth-order valence-corrected chi connectivity index (χ4v) is 1.84. The Balaban J connectivity index is 1.84. The number of rotatable bonds is 6. The molecular formula is C16H15N5O2. The highest BCUT2D eigenvalue weighted by atomic mass is 16.5. The van der Waals surface area contributed by atoms with Crippen LogP contribution in [-0.2, 0) is 4.79 Å². The van der Waals surface area contributed by atoms with Gasteiger partial charge in [0.2, 0.25) is 11.9 Å². The van der Waals surface area contributed by atoms with Gasteiger partial charge in [0.1, 0.15) is 17.9 Å². The number of amides is 1. The molecule has 0 fully saturated rings. The number of carbonyl (C=O) groups excluding carboxylic acids is 1. The van der Waals surface area contributed by atoms with Crippen molar-refractivity contribution in [2.75, 3.05) is 11.9 Å². The van der Waals surface area contributed by atoms with E-state index in [9.17, 15) is 4.79 Å². The van der Waals surface area contributed by atoms with Gasteiger partial charge in [-0.2, -0.15) is 10.5 Å². The highest BCUT2D eigenvalue weighted by Gasteiger charge is 2.16. The molecule has 116 valence electrons. The first-order valence-corrected chi connectivity index (χ1v) is 7.03. The highest BCUT2D eigenvalue weighted by Crippen LogP contribution is 2.13. The van der Waals surface area contributed by atoms with Gasteiger partial charge in [0.15, 0.2) is 11.4 Å². The van der Waals surface area contributed by atoms with E-state index < -0.39 is 0 Å². The number of aromatic nitrogens is 2. The number of imidazole rings is 1. The molecule has 2 aromatic rings. The summed E-state index contributed by atoms with van der Waals surface area (Å²) in [4.78, 5) is 18.5. The van der Waals surface area contributed by atoms with Gasteiger partial charge in [0, 0.05) is 5.92 Å². The molecule has 23 heavy (non-hydrogen) atoms.